The number of hydrogen-bond acceptors (Lipinski definition) is 5. The van der Waals surface area contributed by atoms with E-state index in [-0.39, 0.29) is 0 Å². The second-order valence-electron chi connectivity index (χ2n) is 16.1. The molecule has 0 aliphatic heterocycles. The van der Waals surface area contributed by atoms with Crippen LogP contribution in [-0.4, -0.2) is 57.3 Å². The molecule has 6 nitrogen and oxygen atoms in total. The quantitative estimate of drug-likeness (QED) is 0.0315. The molecule has 53 heavy (non-hydrogen) atoms. The van der Waals surface area contributed by atoms with Crippen LogP contribution < -0.4 is 5.32 Å². The Morgan fingerprint density at radius 3 is 1.19 bits per heavy atom. The molecule has 0 spiro atoms. The zero-order valence-corrected chi connectivity index (χ0v) is 35.3. The number of allylic oxidation sites excluding steroid dienone is 4. The van der Waals surface area contributed by atoms with Crippen LogP contribution >= 0.6 is 0 Å². The minimum absolute atomic E-state index is 0.364. The molecule has 0 bridgehead atoms. The van der Waals surface area contributed by atoms with Gasteiger partial charge in [0.15, 0.2) is 0 Å². The number of hydrogen-bond donors (Lipinski definition) is 5. The minimum Gasteiger partial charge on any atom is -0.394 e. The maximum absolute atomic E-state index is 12.4. The molecule has 0 saturated carbocycles. The molecule has 5 N–H and O–H groups in total. The van der Waals surface area contributed by atoms with E-state index in [0.717, 1.165) is 38.5 Å². The smallest absolute Gasteiger partial charge is 0.249 e. The molecule has 4 unspecified atom stereocenters. The number of amides is 1. The van der Waals surface area contributed by atoms with Gasteiger partial charge in [-0.3, -0.25) is 4.79 Å². The van der Waals surface area contributed by atoms with Crippen molar-refractivity contribution in [3.63, 3.8) is 0 Å². The SMILES string of the molecule is CCCC/C=C/CCCC(O)C(O)C(CO)NC(=O)C(O)CCCCCCCCCCCCCCCC/C=C\CCCCCCCCCCCCCC. The van der Waals surface area contributed by atoms with E-state index < -0.39 is 36.9 Å². The van der Waals surface area contributed by atoms with Gasteiger partial charge < -0.3 is 25.7 Å². The van der Waals surface area contributed by atoms with Gasteiger partial charge in [0.1, 0.15) is 12.2 Å². The zero-order valence-electron chi connectivity index (χ0n) is 35.3. The molecule has 4 atom stereocenters. The normalized spacial score (nSPS) is 14.3. The van der Waals surface area contributed by atoms with E-state index >= 15 is 0 Å². The average molecular weight is 750 g/mol. The Hall–Kier alpha value is -1.21. The fraction of sp³-hybridized carbons (Fsp3) is 0.894. The van der Waals surface area contributed by atoms with Gasteiger partial charge in [-0.25, -0.2) is 0 Å². The molecule has 0 aliphatic carbocycles. The highest BCUT2D eigenvalue weighted by Gasteiger charge is 2.28. The van der Waals surface area contributed by atoms with Crippen molar-refractivity contribution in [2.75, 3.05) is 6.61 Å². The van der Waals surface area contributed by atoms with Crippen molar-refractivity contribution >= 4 is 5.91 Å². The lowest BCUT2D eigenvalue weighted by Crippen LogP contribution is -2.53. The Kier molecular flexibility index (Phi) is 41.0. The van der Waals surface area contributed by atoms with Crippen LogP contribution in [0.2, 0.25) is 0 Å². The van der Waals surface area contributed by atoms with E-state index in [1.54, 1.807) is 0 Å². The Bertz CT molecular complexity index is 802. The van der Waals surface area contributed by atoms with Gasteiger partial charge in [0.05, 0.1) is 18.8 Å². The van der Waals surface area contributed by atoms with Crippen molar-refractivity contribution in [1.29, 1.82) is 0 Å². The minimum atomic E-state index is -1.28. The Morgan fingerprint density at radius 2 is 0.792 bits per heavy atom. The van der Waals surface area contributed by atoms with E-state index in [1.807, 2.05) is 0 Å². The zero-order chi connectivity index (χ0) is 38.9. The van der Waals surface area contributed by atoms with E-state index in [0.29, 0.717) is 19.3 Å². The molecule has 0 aromatic rings. The predicted octanol–water partition coefficient (Wildman–Crippen LogP) is 12.4. The number of aliphatic hydroxyl groups excluding tert-OH is 4. The largest absolute Gasteiger partial charge is 0.394 e. The molecular formula is C47H91NO5. The van der Waals surface area contributed by atoms with E-state index in [1.165, 1.54) is 167 Å². The van der Waals surface area contributed by atoms with Crippen LogP contribution in [0.5, 0.6) is 0 Å². The van der Waals surface area contributed by atoms with Crippen LogP contribution in [0.15, 0.2) is 24.3 Å². The Morgan fingerprint density at radius 1 is 0.453 bits per heavy atom. The summed E-state index contributed by atoms with van der Waals surface area (Å²) in [6.07, 6.45) is 48.4. The summed E-state index contributed by atoms with van der Waals surface area (Å²) in [6.45, 7) is 3.96. The molecule has 0 fully saturated rings. The van der Waals surface area contributed by atoms with Crippen LogP contribution in [0.4, 0.5) is 0 Å². The fourth-order valence-electron chi connectivity index (χ4n) is 7.15. The number of nitrogens with one attached hydrogen (secondary N) is 1. The van der Waals surface area contributed by atoms with Crippen molar-refractivity contribution in [1.82, 2.24) is 5.32 Å². The highest BCUT2D eigenvalue weighted by molar-refractivity contribution is 5.80. The van der Waals surface area contributed by atoms with Gasteiger partial charge in [0.25, 0.3) is 0 Å². The van der Waals surface area contributed by atoms with Crippen LogP contribution in [0.3, 0.4) is 0 Å². The molecule has 0 aromatic heterocycles. The number of unbranched alkanes of at least 4 members (excludes halogenated alkanes) is 29. The maximum atomic E-state index is 12.4. The van der Waals surface area contributed by atoms with Gasteiger partial charge in [-0.15, -0.1) is 0 Å². The molecule has 0 aliphatic rings. The van der Waals surface area contributed by atoms with Gasteiger partial charge in [-0.2, -0.15) is 0 Å². The molecule has 6 heteroatoms. The summed E-state index contributed by atoms with van der Waals surface area (Å²) in [5.74, 6) is -0.596. The van der Waals surface area contributed by atoms with Gasteiger partial charge >= 0.3 is 0 Å². The van der Waals surface area contributed by atoms with Gasteiger partial charge in [-0.05, 0) is 57.8 Å². The first-order valence-corrected chi connectivity index (χ1v) is 23.2. The van der Waals surface area contributed by atoms with Gasteiger partial charge in [0.2, 0.25) is 5.91 Å². The third-order valence-corrected chi connectivity index (χ3v) is 10.9. The number of carbonyl (C=O) groups is 1. The first-order chi connectivity index (χ1) is 26.0. The van der Waals surface area contributed by atoms with Crippen LogP contribution in [-0.2, 0) is 4.79 Å². The lowest BCUT2D eigenvalue weighted by atomic mass is 10.00. The van der Waals surface area contributed by atoms with Crippen LogP contribution in [0, 0.1) is 0 Å². The van der Waals surface area contributed by atoms with Crippen molar-refractivity contribution < 1.29 is 25.2 Å². The summed E-state index contributed by atoms with van der Waals surface area (Å²) in [5.41, 5.74) is 0. The number of aliphatic hydroxyl groups is 4. The first-order valence-electron chi connectivity index (χ1n) is 23.2. The molecule has 0 saturated heterocycles. The molecule has 0 aromatic carbocycles. The standard InChI is InChI=1S/C47H91NO5/c1-3-5-7-9-11-12-13-14-15-16-17-18-19-20-21-22-23-24-25-26-27-28-29-30-31-32-33-35-37-39-41-45(51)47(53)48-43(42-49)46(52)44(50)40-38-36-34-10-8-6-4-2/h10,20-21,34,43-46,49-52H,3-9,11-19,22-33,35-42H2,1-2H3,(H,48,53)/b21-20-,34-10+. The molecule has 0 radical (unpaired) electrons. The summed E-state index contributed by atoms with van der Waals surface area (Å²) in [4.78, 5) is 12.4. The lowest BCUT2D eigenvalue weighted by molar-refractivity contribution is -0.132. The molecule has 0 rings (SSSR count). The first kappa shape index (κ1) is 51.8. The average Bonchev–Trinajstić information content (AvgIpc) is 3.16. The second kappa shape index (κ2) is 41.9. The topological polar surface area (TPSA) is 110 Å². The predicted molar refractivity (Wildman–Crippen MR) is 228 cm³/mol. The summed E-state index contributed by atoms with van der Waals surface area (Å²) in [7, 11) is 0. The molecule has 0 heterocycles. The highest BCUT2D eigenvalue weighted by atomic mass is 16.3. The number of carbonyl (C=O) groups excluding carboxylic acids is 1. The third-order valence-electron chi connectivity index (χ3n) is 10.9. The van der Waals surface area contributed by atoms with E-state index in [2.05, 4.69) is 43.5 Å². The summed E-state index contributed by atoms with van der Waals surface area (Å²) in [5, 5.41) is 43.3. The van der Waals surface area contributed by atoms with Crippen molar-refractivity contribution in [3.05, 3.63) is 24.3 Å². The van der Waals surface area contributed by atoms with E-state index in [4.69, 9.17) is 0 Å². The van der Waals surface area contributed by atoms with Crippen molar-refractivity contribution in [2.45, 2.75) is 263 Å². The second-order valence-corrected chi connectivity index (χ2v) is 16.1. The number of rotatable bonds is 42. The molecule has 1 amide bonds. The van der Waals surface area contributed by atoms with Crippen LogP contribution in [0.25, 0.3) is 0 Å². The summed E-state index contributed by atoms with van der Waals surface area (Å²) in [6, 6.07) is -0.997. The Labute approximate surface area is 329 Å². The van der Waals surface area contributed by atoms with Crippen LogP contribution in [0.1, 0.15) is 239 Å². The monoisotopic (exact) mass is 750 g/mol. The fourth-order valence-corrected chi connectivity index (χ4v) is 7.15. The van der Waals surface area contributed by atoms with E-state index in [9.17, 15) is 25.2 Å². The maximum Gasteiger partial charge on any atom is 0.249 e. The Balaban J connectivity index is 3.54. The summed E-state index contributed by atoms with van der Waals surface area (Å²) >= 11 is 0. The van der Waals surface area contributed by atoms with Crippen molar-refractivity contribution in [3.8, 4) is 0 Å². The van der Waals surface area contributed by atoms with Gasteiger partial charge in [0, 0.05) is 0 Å². The highest BCUT2D eigenvalue weighted by Crippen LogP contribution is 2.16. The summed E-state index contributed by atoms with van der Waals surface area (Å²) < 4.78 is 0. The molecular weight excluding hydrogens is 659 g/mol. The third kappa shape index (κ3) is 36.2. The molecule has 314 valence electrons. The van der Waals surface area contributed by atoms with Crippen molar-refractivity contribution in [2.24, 2.45) is 0 Å². The lowest BCUT2D eigenvalue weighted by Gasteiger charge is -2.27. The van der Waals surface area contributed by atoms with Gasteiger partial charge in [-0.1, -0.05) is 205 Å².